The minimum Gasteiger partial charge on any atom is -0.463 e. The summed E-state index contributed by atoms with van der Waals surface area (Å²) >= 11 is 0.719. The van der Waals surface area contributed by atoms with Gasteiger partial charge < -0.3 is 52.4 Å². The molecule has 5 rings (SSSR count). The molecule has 0 radical (unpaired) electrons. The van der Waals surface area contributed by atoms with E-state index in [2.05, 4.69) is 4.98 Å². The van der Waals surface area contributed by atoms with Gasteiger partial charge in [0.05, 0.1) is 5.69 Å². The lowest BCUT2D eigenvalue weighted by Gasteiger charge is -2.45. The number of nitrogens with one attached hydrogen (secondary N) is 1. The molecule has 0 bridgehead atoms. The number of esters is 8. The van der Waals surface area contributed by atoms with Crippen molar-refractivity contribution in [3.8, 4) is 11.5 Å². The van der Waals surface area contributed by atoms with Gasteiger partial charge in [0.2, 0.25) is 0 Å². The zero-order chi connectivity index (χ0) is 44.7. The third-order valence-electron chi connectivity index (χ3n) is 8.75. The summed E-state index contributed by atoms with van der Waals surface area (Å²) in [6.45, 7) is 7.61. The predicted octanol–water partition coefficient (Wildman–Crippen LogP) is 1.86. The number of benzene rings is 1. The summed E-state index contributed by atoms with van der Waals surface area (Å²) in [5, 5.41) is 5.38. The Morgan fingerprint density at radius 3 is 1.57 bits per heavy atom. The predicted molar refractivity (Wildman–Crippen MR) is 202 cm³/mol. The monoisotopic (exact) mass is 876 g/mol. The molecule has 3 aromatic rings. The van der Waals surface area contributed by atoms with E-state index in [4.69, 9.17) is 57.5 Å². The zero-order valence-electron chi connectivity index (χ0n) is 34.2. The van der Waals surface area contributed by atoms with Crippen molar-refractivity contribution in [2.45, 2.75) is 121 Å². The third-order valence-corrected chi connectivity index (χ3v) is 9.85. The number of rotatable bonds is 14. The second-order valence-corrected chi connectivity index (χ2v) is 14.8. The van der Waals surface area contributed by atoms with Crippen molar-refractivity contribution in [1.29, 1.82) is 0 Å². The van der Waals surface area contributed by atoms with Gasteiger partial charge in [0.1, 0.15) is 25.4 Å². The van der Waals surface area contributed by atoms with Gasteiger partial charge in [-0.15, -0.1) is 5.10 Å². The number of H-pyrrole nitrogens is 1. The third kappa shape index (κ3) is 11.8. The summed E-state index contributed by atoms with van der Waals surface area (Å²) < 4.78 is 58.0. The van der Waals surface area contributed by atoms with Crippen LogP contribution in [0.5, 0.6) is 0 Å². The molecule has 2 saturated heterocycles. The number of hydrogen-bond donors (Lipinski definition) is 1. The highest BCUT2D eigenvalue weighted by molar-refractivity contribution is 7.99. The highest BCUT2D eigenvalue weighted by atomic mass is 32.2. The lowest BCUT2D eigenvalue weighted by atomic mass is 9.97. The molecule has 0 spiro atoms. The number of aromatic amines is 1. The van der Waals surface area contributed by atoms with Gasteiger partial charge in [-0.2, -0.15) is 4.98 Å². The highest BCUT2D eigenvalue weighted by Gasteiger charge is 2.56. The van der Waals surface area contributed by atoms with E-state index in [-0.39, 0.29) is 11.0 Å². The maximum absolute atomic E-state index is 12.8. The SMILES string of the molecule is CC(=O)OC[C@H]1O[C@@H](n2nc(-c3cc4ccccc4[nH]3)nc2S[C@@H]2O[C@H](COC(C)=O)[C@H](OC(C)=O)[C@H](OC(C)=O)[C@H]2OC(C)=O)[C@H](OC(C)=O)[C@@H](OC(C)=O)[C@H]1OC(C)=O. The van der Waals surface area contributed by atoms with Crippen molar-refractivity contribution >= 4 is 70.4 Å². The molecule has 1 N–H and O–H groups in total. The topological polar surface area (TPSA) is 275 Å². The van der Waals surface area contributed by atoms with Crippen LogP contribution in [0.3, 0.4) is 0 Å². The summed E-state index contributed by atoms with van der Waals surface area (Å²) in [5.41, 5.74) is -0.367. The van der Waals surface area contributed by atoms with Gasteiger partial charge in [-0.25, -0.2) is 4.68 Å². The standard InChI is InChI=1S/C38H44N4O18S/c1-16(43)51-14-27-29(53-18(3)45)31(55-20(5)47)33(57-22(7)49)36(59-27)42-38(40-35(41-42)26-13-24-11-9-10-12-25(24)39-26)61-37-34(58-23(8)50)32(56-21(6)48)30(54-19(4)46)28(60-37)15-52-17(2)44/h9-13,27-34,36-37,39H,14-15H2,1-8H3/t27-,28-,29+,30+,31+,32+,33-,34-,36-,37+/m1/s1. The Bertz CT molecular complexity index is 2120. The van der Waals surface area contributed by atoms with E-state index in [9.17, 15) is 38.4 Å². The van der Waals surface area contributed by atoms with E-state index in [1.54, 1.807) is 12.1 Å². The van der Waals surface area contributed by atoms with Crippen LogP contribution in [-0.2, 0) is 85.7 Å². The molecule has 61 heavy (non-hydrogen) atoms. The molecule has 2 fully saturated rings. The van der Waals surface area contributed by atoms with Crippen molar-refractivity contribution in [2.75, 3.05) is 13.2 Å². The van der Waals surface area contributed by atoms with Crippen LogP contribution >= 0.6 is 11.8 Å². The molecule has 0 saturated carbocycles. The number of thioether (sulfide) groups is 1. The minimum atomic E-state index is -1.65. The lowest BCUT2D eigenvalue weighted by molar-refractivity contribution is -0.271. The number of para-hydroxylation sites is 1. The molecule has 4 heterocycles. The fourth-order valence-corrected chi connectivity index (χ4v) is 7.80. The van der Waals surface area contributed by atoms with Gasteiger partial charge in [-0.1, -0.05) is 30.0 Å². The van der Waals surface area contributed by atoms with Gasteiger partial charge >= 0.3 is 47.8 Å². The van der Waals surface area contributed by atoms with Crippen molar-refractivity contribution < 1.29 is 85.7 Å². The first-order valence-corrected chi connectivity index (χ1v) is 19.5. The maximum atomic E-state index is 12.8. The second-order valence-electron chi connectivity index (χ2n) is 13.7. The van der Waals surface area contributed by atoms with Crippen molar-refractivity contribution in [2.24, 2.45) is 0 Å². The number of fused-ring (bicyclic) bond motifs is 1. The molecule has 2 aliphatic rings. The van der Waals surface area contributed by atoms with E-state index < -0.39 is 121 Å². The summed E-state index contributed by atoms with van der Waals surface area (Å²) in [6.07, 6.45) is -13.7. The number of hydrogen-bond acceptors (Lipinski definition) is 21. The average Bonchev–Trinajstić information content (AvgIpc) is 3.77. The Hall–Kier alpha value is -6.07. The first-order valence-electron chi connectivity index (χ1n) is 18.6. The van der Waals surface area contributed by atoms with Crippen LogP contribution < -0.4 is 0 Å². The van der Waals surface area contributed by atoms with Crippen LogP contribution in [0.25, 0.3) is 22.4 Å². The van der Waals surface area contributed by atoms with Crippen molar-refractivity contribution in [1.82, 2.24) is 19.7 Å². The molecule has 330 valence electrons. The largest absolute Gasteiger partial charge is 0.463 e. The Kier molecular flexibility index (Phi) is 15.1. The first-order chi connectivity index (χ1) is 28.8. The fourth-order valence-electron chi connectivity index (χ4n) is 6.65. The van der Waals surface area contributed by atoms with E-state index >= 15 is 0 Å². The smallest absolute Gasteiger partial charge is 0.303 e. The summed E-state index contributed by atoms with van der Waals surface area (Å²) in [6, 6.07) is 9.00. The van der Waals surface area contributed by atoms with Gasteiger partial charge in [0.15, 0.2) is 59.3 Å². The van der Waals surface area contributed by atoms with E-state index in [0.29, 0.717) is 11.2 Å². The number of carbonyl (C=O) groups is 8. The van der Waals surface area contributed by atoms with E-state index in [0.717, 1.165) is 77.2 Å². The lowest BCUT2D eigenvalue weighted by Crippen LogP contribution is -2.61. The number of nitrogens with zero attached hydrogens (tertiary/aromatic N) is 3. The van der Waals surface area contributed by atoms with Gasteiger partial charge in [0, 0.05) is 66.3 Å². The number of ether oxygens (including phenoxy) is 10. The van der Waals surface area contributed by atoms with Crippen LogP contribution in [0.1, 0.15) is 61.6 Å². The fraction of sp³-hybridized carbons (Fsp3) is 0.526. The Morgan fingerprint density at radius 2 is 1.07 bits per heavy atom. The summed E-state index contributed by atoms with van der Waals surface area (Å²) in [7, 11) is 0. The molecule has 0 aliphatic carbocycles. The molecule has 10 atom stereocenters. The summed E-state index contributed by atoms with van der Waals surface area (Å²) in [5.74, 6) is -6.64. The van der Waals surface area contributed by atoms with Crippen LogP contribution in [0.4, 0.5) is 0 Å². The van der Waals surface area contributed by atoms with Crippen molar-refractivity contribution in [3.63, 3.8) is 0 Å². The van der Waals surface area contributed by atoms with Crippen molar-refractivity contribution in [3.05, 3.63) is 30.3 Å². The average molecular weight is 877 g/mol. The highest BCUT2D eigenvalue weighted by Crippen LogP contribution is 2.41. The second kappa shape index (κ2) is 20.0. The van der Waals surface area contributed by atoms with Gasteiger partial charge in [-0.05, 0) is 12.1 Å². The molecular formula is C38H44N4O18S. The van der Waals surface area contributed by atoms with Gasteiger partial charge in [0.25, 0.3) is 0 Å². The summed E-state index contributed by atoms with van der Waals surface area (Å²) in [4.78, 5) is 107. The van der Waals surface area contributed by atoms with E-state index in [1.807, 2.05) is 18.2 Å². The number of aromatic nitrogens is 4. The van der Waals surface area contributed by atoms with Crippen LogP contribution in [0.15, 0.2) is 35.5 Å². The van der Waals surface area contributed by atoms with Crippen LogP contribution in [0.2, 0.25) is 0 Å². The maximum Gasteiger partial charge on any atom is 0.303 e. The number of carbonyl (C=O) groups excluding carboxylic acids is 8. The molecular weight excluding hydrogens is 832 g/mol. The molecule has 22 nitrogen and oxygen atoms in total. The quantitative estimate of drug-likeness (QED) is 0.179. The normalized spacial score (nSPS) is 26.0. The molecule has 0 unspecified atom stereocenters. The van der Waals surface area contributed by atoms with Crippen LogP contribution in [-0.4, -0.2) is 135 Å². The molecule has 2 aromatic heterocycles. The molecule has 2 aliphatic heterocycles. The molecule has 0 amide bonds. The molecule has 1 aromatic carbocycles. The Morgan fingerprint density at radius 1 is 0.607 bits per heavy atom. The first kappa shape index (κ1) is 46.0. The van der Waals surface area contributed by atoms with Crippen LogP contribution in [0, 0.1) is 0 Å². The molecule has 23 heteroatoms. The van der Waals surface area contributed by atoms with Gasteiger partial charge in [-0.3, -0.25) is 38.4 Å². The zero-order valence-corrected chi connectivity index (χ0v) is 35.0. The Labute approximate surface area is 351 Å². The van der Waals surface area contributed by atoms with E-state index in [1.165, 1.54) is 0 Å². The minimum absolute atomic E-state index is 0.0113. The Balaban J connectivity index is 1.72.